The number of hydrogen-bond donors (Lipinski definition) is 1. The van der Waals surface area contributed by atoms with E-state index in [9.17, 15) is 24.5 Å². The number of nitro benzene ring substituents is 1. The van der Waals surface area contributed by atoms with Crippen molar-refractivity contribution < 1.29 is 24.0 Å². The summed E-state index contributed by atoms with van der Waals surface area (Å²) in [7, 11) is 0. The molecule has 2 aromatic carbocycles. The number of ether oxygens (including phenoxy) is 1. The fraction of sp³-hybridized carbons (Fsp3) is 0.167. The number of carbonyl (C=O) groups excluding carboxylic acids is 3. The number of ketones is 1. The van der Waals surface area contributed by atoms with E-state index in [0.29, 0.717) is 5.56 Å². The number of carbonyl (C=O) groups is 3. The van der Waals surface area contributed by atoms with E-state index in [1.807, 2.05) is 0 Å². The number of amides is 1. The minimum absolute atomic E-state index is 0.0220. The summed E-state index contributed by atoms with van der Waals surface area (Å²) in [5.41, 5.74) is 0.572. The Hall–Kier alpha value is -3.55. The maximum atomic E-state index is 11.9. The van der Waals surface area contributed by atoms with Gasteiger partial charge in [-0.3, -0.25) is 24.5 Å². The normalized spacial score (nSPS) is 10.0. The van der Waals surface area contributed by atoms with Gasteiger partial charge in [0.25, 0.3) is 11.6 Å². The zero-order chi connectivity index (χ0) is 18.9. The highest BCUT2D eigenvalue weighted by Gasteiger charge is 2.12. The highest BCUT2D eigenvalue weighted by Crippen LogP contribution is 2.11. The van der Waals surface area contributed by atoms with Crippen LogP contribution in [0, 0.1) is 10.1 Å². The van der Waals surface area contributed by atoms with Gasteiger partial charge in [-0.15, -0.1) is 0 Å². The number of non-ortho nitro benzene ring substituents is 1. The number of hydrogen-bond acceptors (Lipinski definition) is 6. The number of nitrogens with one attached hydrogen (secondary N) is 1. The van der Waals surface area contributed by atoms with Crippen molar-refractivity contribution >= 4 is 23.3 Å². The lowest BCUT2D eigenvalue weighted by Gasteiger charge is -2.06. The number of Topliss-reactive ketones (excluding diaryl/α,β-unsaturated/α-hetero) is 1. The molecule has 2 aromatic rings. The predicted molar refractivity (Wildman–Crippen MR) is 91.8 cm³/mol. The van der Waals surface area contributed by atoms with Crippen LogP contribution in [0.5, 0.6) is 0 Å². The Morgan fingerprint density at radius 1 is 0.962 bits per heavy atom. The van der Waals surface area contributed by atoms with E-state index in [1.165, 1.54) is 24.3 Å². The van der Waals surface area contributed by atoms with Crippen molar-refractivity contribution in [2.24, 2.45) is 0 Å². The lowest BCUT2D eigenvalue weighted by atomic mass is 10.1. The molecule has 0 bridgehead atoms. The Labute approximate surface area is 148 Å². The molecular formula is C18H16N2O6. The largest absolute Gasteiger partial charge is 0.457 e. The summed E-state index contributed by atoms with van der Waals surface area (Å²) in [5, 5.41) is 13.1. The topological polar surface area (TPSA) is 116 Å². The highest BCUT2D eigenvalue weighted by molar-refractivity contribution is 5.98. The van der Waals surface area contributed by atoms with Crippen LogP contribution in [0.4, 0.5) is 5.69 Å². The molecule has 1 N–H and O–H groups in total. The van der Waals surface area contributed by atoms with Gasteiger partial charge in [-0.1, -0.05) is 30.3 Å². The van der Waals surface area contributed by atoms with Crippen molar-refractivity contribution in [1.29, 1.82) is 0 Å². The first-order valence-electron chi connectivity index (χ1n) is 7.74. The second-order valence-electron chi connectivity index (χ2n) is 5.26. The van der Waals surface area contributed by atoms with E-state index in [0.717, 1.165) is 0 Å². The van der Waals surface area contributed by atoms with Gasteiger partial charge in [0.15, 0.2) is 12.4 Å². The number of rotatable bonds is 8. The zero-order valence-electron chi connectivity index (χ0n) is 13.7. The van der Waals surface area contributed by atoms with Gasteiger partial charge in [0, 0.05) is 29.8 Å². The third-order valence-electron chi connectivity index (χ3n) is 3.42. The Balaban J connectivity index is 1.71. The van der Waals surface area contributed by atoms with Crippen molar-refractivity contribution in [3.05, 3.63) is 75.8 Å². The average molecular weight is 356 g/mol. The molecule has 0 spiro atoms. The van der Waals surface area contributed by atoms with Crippen LogP contribution in [0.3, 0.4) is 0 Å². The van der Waals surface area contributed by atoms with Crippen LogP contribution in [0.1, 0.15) is 27.1 Å². The molecule has 26 heavy (non-hydrogen) atoms. The molecule has 2 rings (SSSR count). The second-order valence-corrected chi connectivity index (χ2v) is 5.26. The second kappa shape index (κ2) is 9.07. The van der Waals surface area contributed by atoms with Crippen LogP contribution in [-0.4, -0.2) is 35.7 Å². The van der Waals surface area contributed by atoms with Crippen molar-refractivity contribution in [2.75, 3.05) is 13.2 Å². The Bertz CT molecular complexity index is 802. The number of esters is 1. The smallest absolute Gasteiger partial charge is 0.308 e. The Morgan fingerprint density at radius 3 is 2.23 bits per heavy atom. The van der Waals surface area contributed by atoms with E-state index >= 15 is 0 Å². The number of benzene rings is 2. The molecule has 0 aliphatic carbocycles. The van der Waals surface area contributed by atoms with Gasteiger partial charge in [-0.2, -0.15) is 0 Å². The van der Waals surface area contributed by atoms with Crippen molar-refractivity contribution in [3.63, 3.8) is 0 Å². The summed E-state index contributed by atoms with van der Waals surface area (Å²) in [6, 6.07) is 13.5. The maximum Gasteiger partial charge on any atom is 0.308 e. The van der Waals surface area contributed by atoms with Gasteiger partial charge in [0.1, 0.15) is 0 Å². The number of nitro groups is 1. The van der Waals surface area contributed by atoms with Gasteiger partial charge in [0.05, 0.1) is 11.3 Å². The van der Waals surface area contributed by atoms with Crippen molar-refractivity contribution in [1.82, 2.24) is 5.32 Å². The molecule has 0 saturated heterocycles. The summed E-state index contributed by atoms with van der Waals surface area (Å²) < 4.78 is 4.87. The highest BCUT2D eigenvalue weighted by atomic mass is 16.6. The molecule has 8 heteroatoms. The lowest BCUT2D eigenvalue weighted by molar-refractivity contribution is -0.384. The minimum atomic E-state index is -0.613. The van der Waals surface area contributed by atoms with Crippen LogP contribution in [-0.2, 0) is 9.53 Å². The van der Waals surface area contributed by atoms with Gasteiger partial charge in [-0.05, 0) is 12.1 Å². The zero-order valence-corrected chi connectivity index (χ0v) is 13.7. The maximum absolute atomic E-state index is 11.9. The van der Waals surface area contributed by atoms with Crippen LogP contribution in [0.15, 0.2) is 54.6 Å². The molecule has 0 heterocycles. The first kappa shape index (κ1) is 18.8. The van der Waals surface area contributed by atoms with Crippen molar-refractivity contribution in [3.8, 4) is 0 Å². The molecule has 0 fully saturated rings. The molecule has 0 aliphatic rings. The summed E-state index contributed by atoms with van der Waals surface area (Å²) in [5.74, 6) is -1.39. The third-order valence-corrected chi connectivity index (χ3v) is 3.42. The first-order valence-corrected chi connectivity index (χ1v) is 7.74. The summed E-state index contributed by atoms with van der Waals surface area (Å²) in [4.78, 5) is 45.3. The van der Waals surface area contributed by atoms with Gasteiger partial charge in [-0.25, -0.2) is 0 Å². The Morgan fingerprint density at radius 2 is 1.62 bits per heavy atom. The Kier molecular flexibility index (Phi) is 6.55. The molecular weight excluding hydrogens is 340 g/mol. The first-order chi connectivity index (χ1) is 12.5. The molecule has 134 valence electrons. The van der Waals surface area contributed by atoms with E-state index in [4.69, 9.17) is 4.74 Å². The van der Waals surface area contributed by atoms with Crippen molar-refractivity contribution in [2.45, 2.75) is 6.42 Å². The lowest BCUT2D eigenvalue weighted by Crippen LogP contribution is -2.27. The minimum Gasteiger partial charge on any atom is -0.457 e. The summed E-state index contributed by atoms with van der Waals surface area (Å²) in [6.45, 7) is -0.340. The summed E-state index contributed by atoms with van der Waals surface area (Å²) >= 11 is 0. The average Bonchev–Trinajstić information content (AvgIpc) is 2.66. The van der Waals surface area contributed by atoms with Crippen LogP contribution < -0.4 is 5.32 Å². The van der Waals surface area contributed by atoms with Crippen LogP contribution in [0.25, 0.3) is 0 Å². The van der Waals surface area contributed by atoms with E-state index in [2.05, 4.69) is 5.32 Å². The van der Waals surface area contributed by atoms with Gasteiger partial charge >= 0.3 is 5.97 Å². The quantitative estimate of drug-likeness (QED) is 0.335. The fourth-order valence-corrected chi connectivity index (χ4v) is 2.04. The van der Waals surface area contributed by atoms with Gasteiger partial charge in [0.2, 0.25) is 0 Å². The van der Waals surface area contributed by atoms with E-state index < -0.39 is 16.8 Å². The molecule has 0 unspecified atom stereocenters. The van der Waals surface area contributed by atoms with E-state index in [-0.39, 0.29) is 36.6 Å². The molecule has 0 saturated carbocycles. The van der Waals surface area contributed by atoms with Crippen LogP contribution >= 0.6 is 0 Å². The molecule has 1 amide bonds. The molecule has 8 nitrogen and oxygen atoms in total. The molecule has 0 aliphatic heterocycles. The fourth-order valence-electron chi connectivity index (χ4n) is 2.04. The predicted octanol–water partition coefficient (Wildman–Crippen LogP) is 2.14. The van der Waals surface area contributed by atoms with E-state index in [1.54, 1.807) is 30.3 Å². The molecule has 0 atom stereocenters. The summed E-state index contributed by atoms with van der Waals surface area (Å²) in [6.07, 6.45) is -0.0964. The van der Waals surface area contributed by atoms with Gasteiger partial charge < -0.3 is 10.1 Å². The van der Waals surface area contributed by atoms with Crippen LogP contribution in [0.2, 0.25) is 0 Å². The standard InChI is InChI=1S/C18H16N2O6/c21-16(13-4-2-1-3-5-13)12-26-17(22)10-11-19-18(23)14-6-8-15(9-7-14)20(24)25/h1-9H,10-12H2,(H,19,23). The monoisotopic (exact) mass is 356 g/mol. The third kappa shape index (κ3) is 5.52. The molecule has 0 aromatic heterocycles. The molecule has 0 radical (unpaired) electrons. The number of nitrogens with zero attached hydrogens (tertiary/aromatic N) is 1. The SMILES string of the molecule is O=C(CCNC(=O)c1ccc([N+](=O)[O-])cc1)OCC(=O)c1ccccc1.